The van der Waals surface area contributed by atoms with E-state index < -0.39 is 10.0 Å². The predicted octanol–water partition coefficient (Wildman–Crippen LogP) is 4.41. The second kappa shape index (κ2) is 13.0. The van der Waals surface area contributed by atoms with Crippen LogP contribution in [0.4, 0.5) is 23.1 Å². The molecule has 0 saturated carbocycles. The van der Waals surface area contributed by atoms with Gasteiger partial charge in [0.25, 0.3) is 5.95 Å². The molecule has 3 aromatic rings. The molecule has 1 aliphatic carbocycles. The van der Waals surface area contributed by atoms with E-state index in [9.17, 15) is 8.42 Å². The number of rotatable bonds is 9. The number of benzene rings is 2. The molecule has 1 unspecified atom stereocenters. The number of hydrogen-bond acceptors (Lipinski definition) is 9. The van der Waals surface area contributed by atoms with Crippen molar-refractivity contribution in [1.29, 1.82) is 0 Å². The van der Waals surface area contributed by atoms with Crippen LogP contribution >= 0.6 is 11.6 Å². The Kier molecular flexibility index (Phi) is 9.42. The molecular weight excluding hydrogens is 562 g/mol. The highest BCUT2D eigenvalue weighted by molar-refractivity contribution is 7.89. The third kappa shape index (κ3) is 6.82. The Balaban J connectivity index is 1.38. The summed E-state index contributed by atoms with van der Waals surface area (Å²) >= 11 is 6.45. The second-order valence-corrected chi connectivity index (χ2v) is 13.2. The van der Waals surface area contributed by atoms with Crippen LogP contribution in [0.3, 0.4) is 0 Å². The van der Waals surface area contributed by atoms with Gasteiger partial charge in [0, 0.05) is 26.2 Å². The Bertz CT molecular complexity index is 1460. The van der Waals surface area contributed by atoms with Gasteiger partial charge in [0.1, 0.15) is 9.92 Å². The van der Waals surface area contributed by atoms with Gasteiger partial charge in [-0.2, -0.15) is 10.0 Å². The number of aryl methyl sites for hydroxylation is 1. The van der Waals surface area contributed by atoms with E-state index in [2.05, 4.69) is 38.1 Å². The van der Waals surface area contributed by atoms with Gasteiger partial charge in [-0.1, -0.05) is 29.8 Å². The molecule has 10 nitrogen and oxygen atoms in total. The molecule has 1 atom stereocenters. The van der Waals surface area contributed by atoms with Crippen LogP contribution in [0.15, 0.2) is 53.6 Å². The first-order chi connectivity index (χ1) is 19.8. The van der Waals surface area contributed by atoms with Gasteiger partial charge in [0.2, 0.25) is 10.0 Å². The lowest BCUT2D eigenvalue weighted by atomic mass is 9.99. The fourth-order valence-corrected chi connectivity index (χ4v) is 6.69. The molecule has 3 N–H and O–H groups in total. The highest BCUT2D eigenvalue weighted by Crippen LogP contribution is 2.33. The molecule has 0 spiro atoms. The van der Waals surface area contributed by atoms with Crippen molar-refractivity contribution in [2.75, 3.05) is 44.7 Å². The van der Waals surface area contributed by atoms with Crippen molar-refractivity contribution in [3.63, 3.8) is 0 Å². The van der Waals surface area contributed by atoms with Gasteiger partial charge >= 0.3 is 0 Å². The Morgan fingerprint density at radius 1 is 1.05 bits per heavy atom. The molecule has 1 fully saturated rings. The molecule has 5 rings (SSSR count). The van der Waals surface area contributed by atoms with Crippen LogP contribution in [0.5, 0.6) is 0 Å². The smallest absolute Gasteiger partial charge is 0.256 e. The monoisotopic (exact) mass is 599 g/mol. The van der Waals surface area contributed by atoms with Gasteiger partial charge in [-0.15, -0.1) is 0 Å². The molecule has 12 heteroatoms. The number of piperidine rings is 1. The van der Waals surface area contributed by atoms with E-state index in [4.69, 9.17) is 16.4 Å². The summed E-state index contributed by atoms with van der Waals surface area (Å²) in [7, 11) is 0.847. The molecule has 2 aliphatic rings. The highest BCUT2D eigenvalue weighted by atomic mass is 35.5. The molecule has 220 valence electrons. The number of nitrogens with zero attached hydrogens (tertiary/aromatic N) is 4. The number of hydrogen-bond donors (Lipinski definition) is 3. The molecule has 0 amide bonds. The number of anilines is 4. The minimum Gasteiger partial charge on any atom is -0.338 e. The number of sulfonamides is 1. The summed E-state index contributed by atoms with van der Waals surface area (Å²) in [6.45, 7) is 2.17. The lowest BCUT2D eigenvalue weighted by Gasteiger charge is -2.28. The second-order valence-electron chi connectivity index (χ2n) is 10.7. The SMILES string of the molecule is CON(c1ccc2c(c1)CCCC(NC1CCNCC1)C2)c1ncc(Cl)c(Nc2ccccc2S(=O)(=O)N(C)C)n1. The molecule has 1 saturated heterocycles. The van der Waals surface area contributed by atoms with E-state index in [0.717, 1.165) is 48.8 Å². The van der Waals surface area contributed by atoms with Crippen LogP contribution in [-0.2, 0) is 27.7 Å². The van der Waals surface area contributed by atoms with Crippen molar-refractivity contribution in [3.8, 4) is 0 Å². The molecule has 1 aliphatic heterocycles. The van der Waals surface area contributed by atoms with E-state index in [1.165, 1.54) is 50.3 Å². The molecular formula is C29H38ClN7O3S. The van der Waals surface area contributed by atoms with Gasteiger partial charge in [0.15, 0.2) is 5.82 Å². The van der Waals surface area contributed by atoms with Crippen molar-refractivity contribution in [2.24, 2.45) is 0 Å². The predicted molar refractivity (Wildman–Crippen MR) is 163 cm³/mol. The number of fused-ring (bicyclic) bond motifs is 1. The highest BCUT2D eigenvalue weighted by Gasteiger charge is 2.24. The van der Waals surface area contributed by atoms with Crippen LogP contribution in [0.25, 0.3) is 0 Å². The fraction of sp³-hybridized carbons (Fsp3) is 0.448. The van der Waals surface area contributed by atoms with Crippen LogP contribution in [0.2, 0.25) is 5.02 Å². The van der Waals surface area contributed by atoms with Crippen LogP contribution < -0.4 is 21.0 Å². The van der Waals surface area contributed by atoms with Crippen molar-refractivity contribution in [3.05, 3.63) is 64.8 Å². The summed E-state index contributed by atoms with van der Waals surface area (Å²) in [5.74, 6) is 0.535. The van der Waals surface area contributed by atoms with Gasteiger partial charge in [-0.3, -0.25) is 4.84 Å². The third-order valence-corrected chi connectivity index (χ3v) is 9.84. The molecule has 0 radical (unpaired) electrons. The van der Waals surface area contributed by atoms with E-state index in [1.54, 1.807) is 30.4 Å². The lowest BCUT2D eigenvalue weighted by molar-refractivity contribution is 0.197. The third-order valence-electron chi connectivity index (χ3n) is 7.69. The molecule has 1 aromatic heterocycles. The van der Waals surface area contributed by atoms with Crippen LogP contribution in [0.1, 0.15) is 36.8 Å². The summed E-state index contributed by atoms with van der Waals surface area (Å²) in [6.07, 6.45) is 8.11. The quantitative estimate of drug-likeness (QED) is 0.243. The van der Waals surface area contributed by atoms with E-state index in [1.807, 2.05) is 6.07 Å². The summed E-state index contributed by atoms with van der Waals surface area (Å²) in [5.41, 5.74) is 3.82. The topological polar surface area (TPSA) is 112 Å². The first kappa shape index (κ1) is 29.7. The standard InChI is InChI=1S/C29H38ClN7O3S/c1-36(2)41(38,39)27-10-5-4-9-26(27)34-28-25(30)19-32-29(35-28)37(40-3)24-12-11-21-17-23(8-6-7-20(21)18-24)33-22-13-15-31-16-14-22/h4-5,9-12,18-19,22-23,31,33H,6-8,13-17H2,1-3H3,(H,32,34,35). The maximum atomic E-state index is 12.9. The Morgan fingerprint density at radius 2 is 1.83 bits per heavy atom. The van der Waals surface area contributed by atoms with Gasteiger partial charge < -0.3 is 16.0 Å². The zero-order valence-electron chi connectivity index (χ0n) is 23.7. The van der Waals surface area contributed by atoms with Crippen molar-refractivity contribution in [1.82, 2.24) is 24.9 Å². The Morgan fingerprint density at radius 3 is 2.59 bits per heavy atom. The lowest BCUT2D eigenvalue weighted by Crippen LogP contribution is -2.45. The summed E-state index contributed by atoms with van der Waals surface area (Å²) in [4.78, 5) is 14.9. The molecule has 2 aromatic carbocycles. The molecule has 0 bridgehead atoms. The Hall–Kier alpha value is -2.80. The normalized spacial score (nSPS) is 18.1. The summed E-state index contributed by atoms with van der Waals surface area (Å²) in [5, 5.41) is 12.2. The minimum atomic E-state index is -3.70. The zero-order chi connectivity index (χ0) is 29.0. The van der Waals surface area contributed by atoms with Crippen molar-refractivity contribution >= 4 is 44.8 Å². The fourth-order valence-electron chi connectivity index (χ4n) is 5.51. The zero-order valence-corrected chi connectivity index (χ0v) is 25.3. The summed E-state index contributed by atoms with van der Waals surface area (Å²) < 4.78 is 26.9. The molecule has 2 heterocycles. The minimum absolute atomic E-state index is 0.114. The van der Waals surface area contributed by atoms with E-state index in [-0.39, 0.29) is 21.7 Å². The first-order valence-corrected chi connectivity index (χ1v) is 15.8. The van der Waals surface area contributed by atoms with Gasteiger partial charge in [0.05, 0.1) is 24.7 Å². The molecule has 41 heavy (non-hydrogen) atoms. The Labute approximate surface area is 247 Å². The number of para-hydroxylation sites is 1. The van der Waals surface area contributed by atoms with Gasteiger partial charge in [-0.05, 0) is 87.0 Å². The van der Waals surface area contributed by atoms with Crippen LogP contribution in [0, 0.1) is 0 Å². The van der Waals surface area contributed by atoms with E-state index >= 15 is 0 Å². The average Bonchev–Trinajstić information content (AvgIpc) is 3.17. The maximum Gasteiger partial charge on any atom is 0.256 e. The van der Waals surface area contributed by atoms with Gasteiger partial charge in [-0.25, -0.2) is 17.7 Å². The van der Waals surface area contributed by atoms with Crippen molar-refractivity contribution < 1.29 is 13.3 Å². The van der Waals surface area contributed by atoms with Crippen LogP contribution in [-0.4, -0.2) is 69.1 Å². The average molecular weight is 600 g/mol. The first-order valence-electron chi connectivity index (χ1n) is 14.0. The largest absolute Gasteiger partial charge is 0.338 e. The summed E-state index contributed by atoms with van der Waals surface area (Å²) in [6, 6.07) is 14.1. The maximum absolute atomic E-state index is 12.9. The number of nitrogens with one attached hydrogen (secondary N) is 3. The van der Waals surface area contributed by atoms with E-state index in [0.29, 0.717) is 17.8 Å². The van der Waals surface area contributed by atoms with Crippen molar-refractivity contribution in [2.45, 2.75) is 55.5 Å². The number of halogens is 1. The number of aromatic nitrogens is 2.